The summed E-state index contributed by atoms with van der Waals surface area (Å²) in [5.41, 5.74) is 2.37. The van der Waals surface area contributed by atoms with E-state index < -0.39 is 0 Å². The minimum absolute atomic E-state index is 0. The van der Waals surface area contributed by atoms with Crippen molar-refractivity contribution < 1.29 is 0 Å². The lowest BCUT2D eigenvalue weighted by molar-refractivity contribution is 0.240. The van der Waals surface area contributed by atoms with Crippen molar-refractivity contribution >= 4 is 30.6 Å². The van der Waals surface area contributed by atoms with Crippen molar-refractivity contribution in [1.29, 1.82) is 0 Å². The molecule has 0 spiro atoms. The fourth-order valence-electron chi connectivity index (χ4n) is 4.79. The zero-order chi connectivity index (χ0) is 18.2. The normalized spacial score (nSPS) is 23.5. The standard InChI is InChI=1S/C20H26N6O.2ClH/c27-20-16(1-2-18-17-9-15(10-22-11-17)13-26(18)20)14-24-5-7-25(8-6-24)19-12-21-3-4-23-19;;/h1-4,12,15,17,22H,5-11,13-14H2;2*1H/t15-,17+;;/m0../s1. The van der Waals surface area contributed by atoms with E-state index in [4.69, 9.17) is 0 Å². The highest BCUT2D eigenvalue weighted by Gasteiger charge is 2.31. The Hall–Kier alpha value is -1.67. The molecule has 0 saturated carbocycles. The van der Waals surface area contributed by atoms with Gasteiger partial charge in [-0.15, -0.1) is 24.8 Å². The van der Waals surface area contributed by atoms with E-state index in [1.165, 1.54) is 12.1 Å². The Morgan fingerprint density at radius 1 is 1.07 bits per heavy atom. The van der Waals surface area contributed by atoms with Crippen molar-refractivity contribution in [2.45, 2.75) is 25.4 Å². The summed E-state index contributed by atoms with van der Waals surface area (Å²) in [4.78, 5) is 26.3. The Morgan fingerprint density at radius 3 is 2.66 bits per heavy atom. The van der Waals surface area contributed by atoms with Crippen LogP contribution in [0.1, 0.15) is 23.6 Å². The van der Waals surface area contributed by atoms with Crippen LogP contribution in [0.5, 0.6) is 0 Å². The zero-order valence-electron chi connectivity index (χ0n) is 16.4. The maximum Gasteiger partial charge on any atom is 0.255 e. The van der Waals surface area contributed by atoms with Crippen LogP contribution < -0.4 is 15.8 Å². The van der Waals surface area contributed by atoms with Crippen molar-refractivity contribution in [2.75, 3.05) is 44.2 Å². The molecule has 158 valence electrons. The molecule has 2 bridgehead atoms. The number of piperidine rings is 1. The third-order valence-electron chi connectivity index (χ3n) is 6.23. The number of halogens is 2. The zero-order valence-corrected chi connectivity index (χ0v) is 18.0. The van der Waals surface area contributed by atoms with Gasteiger partial charge in [-0.05, 0) is 24.9 Å². The summed E-state index contributed by atoms with van der Waals surface area (Å²) in [5, 5.41) is 3.51. The van der Waals surface area contributed by atoms with Gasteiger partial charge in [-0.3, -0.25) is 14.7 Å². The van der Waals surface area contributed by atoms with Gasteiger partial charge in [0.15, 0.2) is 0 Å². The van der Waals surface area contributed by atoms with E-state index in [-0.39, 0.29) is 30.4 Å². The van der Waals surface area contributed by atoms with Gasteiger partial charge in [0.25, 0.3) is 5.56 Å². The number of hydrogen-bond acceptors (Lipinski definition) is 6. The van der Waals surface area contributed by atoms with Crippen molar-refractivity contribution in [3.8, 4) is 0 Å². The third-order valence-corrected chi connectivity index (χ3v) is 6.23. The molecule has 9 heteroatoms. The lowest BCUT2D eigenvalue weighted by Crippen LogP contribution is -2.48. The lowest BCUT2D eigenvalue weighted by Gasteiger charge is -2.38. The van der Waals surface area contributed by atoms with Crippen LogP contribution in [0, 0.1) is 5.92 Å². The second-order valence-corrected chi connectivity index (χ2v) is 7.98. The number of fused-ring (bicyclic) bond motifs is 4. The molecule has 5 rings (SSSR count). The molecule has 0 aromatic carbocycles. The summed E-state index contributed by atoms with van der Waals surface area (Å²) in [7, 11) is 0. The molecule has 7 nitrogen and oxygen atoms in total. The molecule has 0 amide bonds. The van der Waals surface area contributed by atoms with Gasteiger partial charge in [-0.2, -0.15) is 0 Å². The van der Waals surface area contributed by atoms with Gasteiger partial charge in [-0.25, -0.2) is 4.98 Å². The van der Waals surface area contributed by atoms with Crippen molar-refractivity contribution in [1.82, 2.24) is 24.8 Å². The maximum absolute atomic E-state index is 13.1. The molecular weight excluding hydrogens is 411 g/mol. The first-order chi connectivity index (χ1) is 13.3. The Balaban J connectivity index is 0.00000120. The second-order valence-electron chi connectivity index (χ2n) is 7.98. The first-order valence-electron chi connectivity index (χ1n) is 9.94. The van der Waals surface area contributed by atoms with Crippen LogP contribution in [0.25, 0.3) is 0 Å². The highest BCUT2D eigenvalue weighted by atomic mass is 35.5. The van der Waals surface area contributed by atoms with E-state index in [1.807, 2.05) is 6.20 Å². The highest BCUT2D eigenvalue weighted by Crippen LogP contribution is 2.31. The molecule has 0 aliphatic carbocycles. The van der Waals surface area contributed by atoms with E-state index in [2.05, 4.69) is 41.8 Å². The van der Waals surface area contributed by atoms with Crippen LogP contribution in [0.15, 0.2) is 35.5 Å². The summed E-state index contributed by atoms with van der Waals surface area (Å²) in [6, 6.07) is 4.26. The predicted molar refractivity (Wildman–Crippen MR) is 118 cm³/mol. The van der Waals surface area contributed by atoms with Crippen molar-refractivity contribution in [3.63, 3.8) is 0 Å². The number of aromatic nitrogens is 3. The van der Waals surface area contributed by atoms with Gasteiger partial charge in [0, 0.05) is 75.4 Å². The molecule has 29 heavy (non-hydrogen) atoms. The van der Waals surface area contributed by atoms with E-state index in [9.17, 15) is 4.79 Å². The summed E-state index contributed by atoms with van der Waals surface area (Å²) < 4.78 is 2.06. The van der Waals surface area contributed by atoms with Gasteiger partial charge in [0.1, 0.15) is 5.82 Å². The molecule has 2 saturated heterocycles. The molecule has 3 aliphatic heterocycles. The molecule has 2 aromatic heterocycles. The van der Waals surface area contributed by atoms with Crippen LogP contribution >= 0.6 is 24.8 Å². The number of pyridine rings is 1. The van der Waals surface area contributed by atoms with E-state index >= 15 is 0 Å². The van der Waals surface area contributed by atoms with Gasteiger partial charge in [-0.1, -0.05) is 6.07 Å². The molecule has 2 aromatic rings. The minimum Gasteiger partial charge on any atom is -0.353 e. The van der Waals surface area contributed by atoms with Crippen LogP contribution in [0.2, 0.25) is 0 Å². The Morgan fingerprint density at radius 2 is 1.90 bits per heavy atom. The van der Waals surface area contributed by atoms with Gasteiger partial charge >= 0.3 is 0 Å². The first kappa shape index (κ1) is 22.0. The number of anilines is 1. The number of hydrogen-bond donors (Lipinski definition) is 1. The minimum atomic E-state index is 0. The quantitative estimate of drug-likeness (QED) is 0.783. The molecule has 5 heterocycles. The monoisotopic (exact) mass is 438 g/mol. The summed E-state index contributed by atoms with van der Waals surface area (Å²) in [5.74, 6) is 2.03. The lowest BCUT2D eigenvalue weighted by atomic mass is 9.84. The molecule has 1 N–H and O–H groups in total. The molecule has 0 unspecified atom stereocenters. The number of nitrogens with one attached hydrogen (secondary N) is 1. The van der Waals surface area contributed by atoms with Gasteiger partial charge < -0.3 is 14.8 Å². The average molecular weight is 439 g/mol. The van der Waals surface area contributed by atoms with Gasteiger partial charge in [0.2, 0.25) is 0 Å². The predicted octanol–water partition coefficient (Wildman–Crippen LogP) is 1.51. The molecule has 3 aliphatic rings. The van der Waals surface area contributed by atoms with Crippen LogP contribution in [-0.4, -0.2) is 58.7 Å². The van der Waals surface area contributed by atoms with Crippen molar-refractivity contribution in [2.24, 2.45) is 5.92 Å². The van der Waals surface area contributed by atoms with Crippen LogP contribution in [0.3, 0.4) is 0 Å². The molecular formula is C20H28Cl2N6O. The van der Waals surface area contributed by atoms with Crippen LogP contribution in [0.4, 0.5) is 5.82 Å². The van der Waals surface area contributed by atoms with Crippen LogP contribution in [-0.2, 0) is 13.1 Å². The maximum atomic E-state index is 13.1. The number of piperazine rings is 1. The van der Waals surface area contributed by atoms with Crippen molar-refractivity contribution in [3.05, 3.63) is 52.3 Å². The fourth-order valence-corrected chi connectivity index (χ4v) is 4.79. The smallest absolute Gasteiger partial charge is 0.255 e. The van der Waals surface area contributed by atoms with E-state index in [0.717, 1.165) is 63.7 Å². The summed E-state index contributed by atoms with van der Waals surface area (Å²) in [6.45, 7) is 7.35. The fraction of sp³-hybridized carbons (Fsp3) is 0.550. The number of nitrogens with zero attached hydrogens (tertiary/aromatic N) is 5. The third kappa shape index (κ3) is 4.43. The first-order valence-corrected chi connectivity index (χ1v) is 9.94. The largest absolute Gasteiger partial charge is 0.353 e. The molecule has 2 atom stereocenters. The highest BCUT2D eigenvalue weighted by molar-refractivity contribution is 5.85. The topological polar surface area (TPSA) is 66.3 Å². The second kappa shape index (κ2) is 9.43. The SMILES string of the molecule is Cl.Cl.O=c1c(CN2CCN(c3cnccn3)CC2)ccc2n1C[C@@H]1CNC[C@H]2C1. The molecule has 0 radical (unpaired) electrons. The average Bonchev–Trinajstić information content (AvgIpc) is 2.72. The van der Waals surface area contributed by atoms with Gasteiger partial charge in [0.05, 0.1) is 6.20 Å². The van der Waals surface area contributed by atoms with E-state index in [1.54, 1.807) is 12.4 Å². The molecule has 2 fully saturated rings. The Labute approximate surface area is 183 Å². The Kier molecular flexibility index (Phi) is 7.16. The summed E-state index contributed by atoms with van der Waals surface area (Å²) in [6.07, 6.45) is 6.47. The number of rotatable bonds is 3. The Bertz CT molecular complexity index is 869. The van der Waals surface area contributed by atoms with E-state index in [0.29, 0.717) is 11.8 Å². The summed E-state index contributed by atoms with van der Waals surface area (Å²) >= 11 is 0.